The maximum atomic E-state index is 14.0. The Kier molecular flexibility index (Phi) is 6.07. The molecule has 2 N–H and O–H groups in total. The van der Waals surface area contributed by atoms with Crippen molar-refractivity contribution in [3.63, 3.8) is 0 Å². The molecule has 1 aromatic carbocycles. The zero-order valence-electron chi connectivity index (χ0n) is 18.2. The van der Waals surface area contributed by atoms with Gasteiger partial charge in [-0.15, -0.1) is 0 Å². The predicted molar refractivity (Wildman–Crippen MR) is 115 cm³/mol. The van der Waals surface area contributed by atoms with E-state index in [2.05, 4.69) is 15.3 Å². The van der Waals surface area contributed by atoms with Crippen molar-refractivity contribution in [1.29, 1.82) is 0 Å². The highest BCUT2D eigenvalue weighted by molar-refractivity contribution is 7.91. The van der Waals surface area contributed by atoms with Crippen molar-refractivity contribution in [3.8, 4) is 0 Å². The van der Waals surface area contributed by atoms with E-state index in [1.165, 1.54) is 6.92 Å². The highest BCUT2D eigenvalue weighted by Crippen LogP contribution is 2.39. The number of anilines is 2. The lowest BCUT2D eigenvalue weighted by atomic mass is 10.1. The van der Waals surface area contributed by atoms with E-state index in [1.807, 2.05) is 0 Å². The Hall–Kier alpha value is -3.49. The van der Waals surface area contributed by atoms with Gasteiger partial charge < -0.3 is 20.0 Å². The molecule has 9 nitrogen and oxygen atoms in total. The first-order valence-corrected chi connectivity index (χ1v) is 12.0. The SMILES string of the molecule is Cc1c([C@@H](NC(=O)Nc2cnc(N3CC(S(C)(=O)=O)C3)nc2)C(F)(F)F)oc2c(F)cc(F)cc12. The van der Waals surface area contributed by atoms with Gasteiger partial charge in [-0.2, -0.15) is 13.2 Å². The van der Waals surface area contributed by atoms with Crippen molar-refractivity contribution in [2.24, 2.45) is 0 Å². The molecule has 0 bridgehead atoms. The Morgan fingerprint density at radius 1 is 1.20 bits per heavy atom. The number of carbonyl (C=O) groups excluding carboxylic acids is 1. The first-order valence-electron chi connectivity index (χ1n) is 10.0. The number of rotatable bonds is 5. The molecule has 1 aliphatic rings. The number of hydrogen-bond acceptors (Lipinski definition) is 7. The summed E-state index contributed by atoms with van der Waals surface area (Å²) in [7, 11) is -3.20. The number of fused-ring (bicyclic) bond motifs is 1. The number of aryl methyl sites for hydroxylation is 1. The minimum Gasteiger partial charge on any atom is -0.455 e. The molecule has 15 heteroatoms. The van der Waals surface area contributed by atoms with Gasteiger partial charge >= 0.3 is 12.2 Å². The number of alkyl halides is 3. The average Bonchev–Trinajstić information content (AvgIpc) is 3.01. The molecule has 0 spiro atoms. The van der Waals surface area contributed by atoms with Crippen LogP contribution in [0.2, 0.25) is 0 Å². The van der Waals surface area contributed by atoms with Crippen molar-refractivity contribution < 1.29 is 39.6 Å². The minimum absolute atomic E-state index is 0.0400. The van der Waals surface area contributed by atoms with Crippen LogP contribution in [0.25, 0.3) is 11.0 Å². The molecule has 4 rings (SSSR count). The summed E-state index contributed by atoms with van der Waals surface area (Å²) in [6, 6.07) is -2.63. The molecule has 1 fully saturated rings. The van der Waals surface area contributed by atoms with E-state index in [-0.39, 0.29) is 35.7 Å². The number of nitrogens with zero attached hydrogens (tertiary/aromatic N) is 3. The number of amides is 2. The van der Waals surface area contributed by atoms with Crippen molar-refractivity contribution in [2.45, 2.75) is 24.4 Å². The van der Waals surface area contributed by atoms with E-state index < -0.39 is 56.3 Å². The standard InChI is InChI=1S/C20H18F5N5O4S/c1-9-13-3-10(21)4-14(22)16(13)34-15(9)17(20(23,24)25)29-19(31)28-11-5-26-18(27-6-11)30-7-12(8-30)35(2,32)33/h3-6,12,17H,7-8H2,1-2H3,(H2,28,29,31)/t17-/m1/s1. The second-order valence-electron chi connectivity index (χ2n) is 8.06. The van der Waals surface area contributed by atoms with Crippen molar-refractivity contribution >= 4 is 38.5 Å². The summed E-state index contributed by atoms with van der Waals surface area (Å²) in [6.07, 6.45) is -1.62. The summed E-state index contributed by atoms with van der Waals surface area (Å²) in [5.41, 5.74) is -0.791. The Balaban J connectivity index is 1.48. The molecule has 0 radical (unpaired) electrons. The minimum atomic E-state index is -5.03. The van der Waals surface area contributed by atoms with Gasteiger partial charge in [0.25, 0.3) is 0 Å². The van der Waals surface area contributed by atoms with Gasteiger partial charge in [0.1, 0.15) is 11.6 Å². The van der Waals surface area contributed by atoms with Crippen LogP contribution in [0.4, 0.5) is 38.4 Å². The van der Waals surface area contributed by atoms with Crippen LogP contribution in [0.1, 0.15) is 17.4 Å². The predicted octanol–water partition coefficient (Wildman–Crippen LogP) is 3.47. The molecular formula is C20H18F5N5O4S. The number of urea groups is 1. The molecule has 2 aromatic heterocycles. The third-order valence-corrected chi connectivity index (χ3v) is 7.00. The summed E-state index contributed by atoms with van der Waals surface area (Å²) >= 11 is 0. The molecule has 1 aliphatic heterocycles. The Morgan fingerprint density at radius 3 is 2.40 bits per heavy atom. The number of aromatic nitrogens is 2. The lowest BCUT2D eigenvalue weighted by Gasteiger charge is -2.37. The number of nitrogens with one attached hydrogen (secondary N) is 2. The van der Waals surface area contributed by atoms with Gasteiger partial charge in [0, 0.05) is 36.4 Å². The van der Waals surface area contributed by atoms with Gasteiger partial charge in [0.2, 0.25) is 5.95 Å². The lowest BCUT2D eigenvalue weighted by molar-refractivity contribution is -0.158. The topological polar surface area (TPSA) is 117 Å². The maximum absolute atomic E-state index is 14.0. The van der Waals surface area contributed by atoms with E-state index in [1.54, 1.807) is 10.2 Å². The largest absolute Gasteiger partial charge is 0.455 e. The van der Waals surface area contributed by atoms with E-state index >= 15 is 0 Å². The second kappa shape index (κ2) is 8.62. The molecule has 1 atom stereocenters. The number of carbonyl (C=O) groups is 1. The van der Waals surface area contributed by atoms with Gasteiger partial charge in [-0.25, -0.2) is 32.0 Å². The summed E-state index contributed by atoms with van der Waals surface area (Å²) < 4.78 is 96.8. The monoisotopic (exact) mass is 519 g/mol. The van der Waals surface area contributed by atoms with Crippen LogP contribution in [-0.2, 0) is 9.84 Å². The van der Waals surface area contributed by atoms with Crippen LogP contribution in [0, 0.1) is 18.6 Å². The van der Waals surface area contributed by atoms with Gasteiger partial charge in [0.05, 0.1) is 23.3 Å². The molecule has 0 saturated carbocycles. The van der Waals surface area contributed by atoms with Crippen LogP contribution in [0.5, 0.6) is 0 Å². The molecule has 188 valence electrons. The normalized spacial score (nSPS) is 15.7. The number of halogens is 5. The first-order chi connectivity index (χ1) is 16.2. The van der Waals surface area contributed by atoms with Crippen LogP contribution in [0.15, 0.2) is 28.9 Å². The van der Waals surface area contributed by atoms with Crippen LogP contribution in [0.3, 0.4) is 0 Å². The summed E-state index contributed by atoms with van der Waals surface area (Å²) in [5.74, 6) is -2.77. The lowest BCUT2D eigenvalue weighted by Crippen LogP contribution is -2.55. The molecule has 1 saturated heterocycles. The third-order valence-electron chi connectivity index (χ3n) is 5.49. The third kappa shape index (κ3) is 4.99. The number of hydrogen-bond donors (Lipinski definition) is 2. The van der Waals surface area contributed by atoms with Crippen LogP contribution in [-0.4, -0.2) is 55.2 Å². The van der Waals surface area contributed by atoms with E-state index in [9.17, 15) is 35.2 Å². The summed E-state index contributed by atoms with van der Waals surface area (Å²) in [5, 5.41) is 3.15. The van der Waals surface area contributed by atoms with Gasteiger partial charge in [-0.1, -0.05) is 0 Å². The van der Waals surface area contributed by atoms with E-state index in [0.717, 1.165) is 24.7 Å². The Morgan fingerprint density at radius 2 is 1.83 bits per heavy atom. The first kappa shape index (κ1) is 24.6. The summed E-state index contributed by atoms with van der Waals surface area (Å²) in [6.45, 7) is 1.58. The van der Waals surface area contributed by atoms with Crippen molar-refractivity contribution in [3.05, 3.63) is 47.5 Å². The van der Waals surface area contributed by atoms with Crippen molar-refractivity contribution in [1.82, 2.24) is 15.3 Å². The van der Waals surface area contributed by atoms with Crippen LogP contribution >= 0.6 is 0 Å². The molecule has 35 heavy (non-hydrogen) atoms. The summed E-state index contributed by atoms with van der Waals surface area (Å²) in [4.78, 5) is 21.8. The molecular weight excluding hydrogens is 501 g/mol. The Bertz CT molecular complexity index is 1390. The quantitative estimate of drug-likeness (QED) is 0.496. The van der Waals surface area contributed by atoms with E-state index in [0.29, 0.717) is 6.07 Å². The fourth-order valence-electron chi connectivity index (χ4n) is 3.55. The van der Waals surface area contributed by atoms with Crippen LogP contribution < -0.4 is 15.5 Å². The maximum Gasteiger partial charge on any atom is 0.416 e. The molecule has 3 aromatic rings. The molecule has 2 amide bonds. The number of benzene rings is 1. The van der Waals surface area contributed by atoms with E-state index in [4.69, 9.17) is 4.42 Å². The average molecular weight is 519 g/mol. The highest BCUT2D eigenvalue weighted by Gasteiger charge is 2.45. The number of furan rings is 1. The fraction of sp³-hybridized carbons (Fsp3) is 0.350. The Labute approximate surface area is 195 Å². The fourth-order valence-corrected chi connectivity index (χ4v) is 4.45. The van der Waals surface area contributed by atoms with Gasteiger partial charge in [0.15, 0.2) is 27.3 Å². The molecule has 0 unspecified atom stereocenters. The number of sulfone groups is 1. The van der Waals surface area contributed by atoms with Gasteiger partial charge in [-0.3, -0.25) is 0 Å². The highest BCUT2D eigenvalue weighted by atomic mass is 32.2. The smallest absolute Gasteiger partial charge is 0.416 e. The zero-order chi connectivity index (χ0) is 25.7. The molecule has 0 aliphatic carbocycles. The van der Waals surface area contributed by atoms with Crippen molar-refractivity contribution in [2.75, 3.05) is 29.6 Å². The molecule has 3 heterocycles. The zero-order valence-corrected chi connectivity index (χ0v) is 19.0. The van der Waals surface area contributed by atoms with Gasteiger partial charge in [-0.05, 0) is 13.0 Å². The second-order valence-corrected chi connectivity index (χ2v) is 10.4.